The van der Waals surface area contributed by atoms with Gasteiger partial charge in [-0.15, -0.1) is 0 Å². The fraction of sp³-hybridized carbons (Fsp3) is 0.316. The molecule has 4 nitrogen and oxygen atoms in total. The summed E-state index contributed by atoms with van der Waals surface area (Å²) in [5.74, 6) is 0.240. The second-order valence-electron chi connectivity index (χ2n) is 6.22. The number of hydrogen-bond donors (Lipinski definition) is 1. The molecular weight excluding hydrogens is 307 g/mol. The monoisotopic (exact) mass is 329 g/mol. The van der Waals surface area contributed by atoms with Gasteiger partial charge in [-0.1, -0.05) is 0 Å². The van der Waals surface area contributed by atoms with Crippen molar-refractivity contribution in [1.29, 1.82) is 0 Å². The van der Waals surface area contributed by atoms with Gasteiger partial charge in [0.05, 0.1) is 7.05 Å². The first-order valence-electron chi connectivity index (χ1n) is 7.96. The Balaban J connectivity index is 1.72. The van der Waals surface area contributed by atoms with Crippen molar-refractivity contribution in [3.63, 3.8) is 0 Å². The number of hydrogen-bond acceptors (Lipinski definition) is 2. The van der Waals surface area contributed by atoms with Gasteiger partial charge < -0.3 is 9.84 Å². The van der Waals surface area contributed by atoms with E-state index >= 15 is 0 Å². The smallest absolute Gasteiger partial charge is 0.244 e. The molecule has 0 aliphatic carbocycles. The average Bonchev–Trinajstić information content (AvgIpc) is 2.83. The zero-order chi connectivity index (χ0) is 17.3. The first kappa shape index (κ1) is 16.5. The molecule has 0 bridgehead atoms. The second kappa shape index (κ2) is 6.61. The molecule has 0 saturated heterocycles. The normalized spacial score (nSPS) is 12.5. The van der Waals surface area contributed by atoms with Gasteiger partial charge in [-0.05, 0) is 61.4 Å². The van der Waals surface area contributed by atoms with Crippen molar-refractivity contribution in [2.75, 3.05) is 6.61 Å². The van der Waals surface area contributed by atoms with Crippen LogP contribution in [0.15, 0.2) is 42.7 Å². The first-order valence-corrected chi connectivity index (χ1v) is 7.96. The maximum absolute atomic E-state index is 12.9. The highest BCUT2D eigenvalue weighted by atomic mass is 19.1. The quantitative estimate of drug-likeness (QED) is 0.731. The van der Waals surface area contributed by atoms with Gasteiger partial charge in [0.1, 0.15) is 30.8 Å². The Bertz CT molecular complexity index is 856. The Kier molecular flexibility index (Phi) is 4.53. The minimum atomic E-state index is -0.660. The number of aryl methyl sites for hydroxylation is 3. The number of aliphatic hydroxyl groups excluding tert-OH is 1. The lowest BCUT2D eigenvalue weighted by Crippen LogP contribution is -2.27. The maximum atomic E-state index is 12.9. The van der Waals surface area contributed by atoms with Crippen LogP contribution in [0.25, 0.3) is 11.0 Å². The van der Waals surface area contributed by atoms with E-state index in [1.165, 1.54) is 23.3 Å². The van der Waals surface area contributed by atoms with Crippen molar-refractivity contribution >= 4 is 11.0 Å². The molecule has 0 amide bonds. The van der Waals surface area contributed by atoms with Crippen LogP contribution >= 0.6 is 0 Å². The Morgan fingerprint density at radius 3 is 2.54 bits per heavy atom. The lowest BCUT2D eigenvalue weighted by Gasteiger charge is -2.11. The standard InChI is InChI=1S/C19H22FN2O2/c1-13-8-18-19(9-14(13)2)22(12-21(18)3)10-16(23)11-24-17-6-4-15(20)5-7-17/h4-9,12,16,23H,10-11H2,1-3H3/q+1. The SMILES string of the molecule is Cc1cc2c(cc1C)[n+](C)cn2CC(O)COc1ccc(F)cc1. The van der Waals surface area contributed by atoms with Crippen molar-refractivity contribution in [2.45, 2.75) is 26.5 Å². The van der Waals surface area contributed by atoms with Crippen LogP contribution in [0.5, 0.6) is 5.75 Å². The molecule has 2 aromatic carbocycles. The fourth-order valence-electron chi connectivity index (χ4n) is 2.78. The molecule has 0 aliphatic heterocycles. The van der Waals surface area contributed by atoms with Gasteiger partial charge in [0.25, 0.3) is 0 Å². The predicted octanol–water partition coefficient (Wildman–Crippen LogP) is 2.66. The molecule has 126 valence electrons. The molecule has 3 aromatic rings. The molecular formula is C19H22FN2O2+. The van der Waals surface area contributed by atoms with Crippen molar-refractivity contribution in [1.82, 2.24) is 4.57 Å². The van der Waals surface area contributed by atoms with Crippen LogP contribution in [0.3, 0.4) is 0 Å². The summed E-state index contributed by atoms with van der Waals surface area (Å²) in [4.78, 5) is 0. The largest absolute Gasteiger partial charge is 0.491 e. The minimum absolute atomic E-state index is 0.153. The summed E-state index contributed by atoms with van der Waals surface area (Å²) in [6.07, 6.45) is 1.32. The molecule has 1 aromatic heterocycles. The third kappa shape index (κ3) is 3.41. The summed E-state index contributed by atoms with van der Waals surface area (Å²) in [5.41, 5.74) is 4.68. The molecule has 24 heavy (non-hydrogen) atoms. The van der Waals surface area contributed by atoms with Crippen LogP contribution in [0, 0.1) is 19.7 Å². The molecule has 0 fully saturated rings. The number of aromatic nitrogens is 2. The molecule has 0 spiro atoms. The third-order valence-electron chi connectivity index (χ3n) is 4.26. The maximum Gasteiger partial charge on any atom is 0.244 e. The predicted molar refractivity (Wildman–Crippen MR) is 90.5 cm³/mol. The van der Waals surface area contributed by atoms with Crippen molar-refractivity contribution < 1.29 is 18.8 Å². The molecule has 0 radical (unpaired) electrons. The van der Waals surface area contributed by atoms with E-state index in [4.69, 9.17) is 4.74 Å². The number of rotatable bonds is 5. The summed E-state index contributed by atoms with van der Waals surface area (Å²) < 4.78 is 22.5. The molecule has 1 N–H and O–H groups in total. The van der Waals surface area contributed by atoms with Crippen molar-refractivity contribution in [3.05, 3.63) is 59.7 Å². The second-order valence-corrected chi connectivity index (χ2v) is 6.22. The van der Waals surface area contributed by atoms with E-state index in [2.05, 4.69) is 30.5 Å². The molecule has 1 heterocycles. The van der Waals surface area contributed by atoms with Gasteiger partial charge in [-0.3, -0.25) is 0 Å². The summed E-state index contributed by atoms with van der Waals surface area (Å²) in [7, 11) is 2.00. The molecule has 1 unspecified atom stereocenters. The van der Waals surface area contributed by atoms with Crippen molar-refractivity contribution in [3.8, 4) is 5.75 Å². The van der Waals surface area contributed by atoms with E-state index in [9.17, 15) is 9.50 Å². The molecule has 0 aliphatic rings. The fourth-order valence-corrected chi connectivity index (χ4v) is 2.78. The summed E-state index contributed by atoms with van der Waals surface area (Å²) in [5, 5.41) is 10.3. The lowest BCUT2D eigenvalue weighted by molar-refractivity contribution is -0.645. The van der Waals surface area contributed by atoms with Crippen LogP contribution in [0.1, 0.15) is 11.1 Å². The summed E-state index contributed by atoms with van der Waals surface area (Å²) in [6, 6.07) is 10.1. The minimum Gasteiger partial charge on any atom is -0.491 e. The topological polar surface area (TPSA) is 38.3 Å². The lowest BCUT2D eigenvalue weighted by atomic mass is 10.1. The number of ether oxygens (including phenoxy) is 1. The van der Waals surface area contributed by atoms with E-state index in [0.717, 1.165) is 11.0 Å². The highest BCUT2D eigenvalue weighted by Gasteiger charge is 2.18. The van der Waals surface area contributed by atoms with E-state index in [-0.39, 0.29) is 12.4 Å². The highest BCUT2D eigenvalue weighted by molar-refractivity contribution is 5.74. The molecule has 5 heteroatoms. The first-order chi connectivity index (χ1) is 11.4. The Morgan fingerprint density at radius 1 is 1.17 bits per heavy atom. The highest BCUT2D eigenvalue weighted by Crippen LogP contribution is 2.18. The zero-order valence-corrected chi connectivity index (χ0v) is 14.2. The number of imidazole rings is 1. The number of fused-ring (bicyclic) bond motifs is 1. The average molecular weight is 329 g/mol. The van der Waals surface area contributed by atoms with Gasteiger partial charge >= 0.3 is 0 Å². The van der Waals surface area contributed by atoms with Crippen LogP contribution in [-0.2, 0) is 13.6 Å². The summed E-state index contributed by atoms with van der Waals surface area (Å²) in [6.45, 7) is 4.76. The number of halogens is 1. The number of aliphatic hydroxyl groups is 1. The Hall–Kier alpha value is -2.40. The third-order valence-corrected chi connectivity index (χ3v) is 4.26. The number of nitrogens with zero attached hydrogens (tertiary/aromatic N) is 2. The van der Waals surface area contributed by atoms with Crippen LogP contribution < -0.4 is 9.30 Å². The van der Waals surface area contributed by atoms with Crippen LogP contribution in [0.2, 0.25) is 0 Å². The van der Waals surface area contributed by atoms with Gasteiger partial charge in [0.2, 0.25) is 6.33 Å². The van der Waals surface area contributed by atoms with Crippen LogP contribution in [0.4, 0.5) is 4.39 Å². The van der Waals surface area contributed by atoms with E-state index < -0.39 is 6.10 Å². The summed E-state index contributed by atoms with van der Waals surface area (Å²) >= 11 is 0. The zero-order valence-electron chi connectivity index (χ0n) is 14.2. The van der Waals surface area contributed by atoms with E-state index in [0.29, 0.717) is 12.3 Å². The number of benzene rings is 2. The van der Waals surface area contributed by atoms with E-state index in [1.54, 1.807) is 12.1 Å². The van der Waals surface area contributed by atoms with Gasteiger partial charge in [-0.25, -0.2) is 13.5 Å². The van der Waals surface area contributed by atoms with Gasteiger partial charge in [0.15, 0.2) is 11.0 Å². The van der Waals surface area contributed by atoms with Crippen molar-refractivity contribution in [2.24, 2.45) is 7.05 Å². The van der Waals surface area contributed by atoms with E-state index in [1.807, 2.05) is 17.9 Å². The molecule has 0 saturated carbocycles. The van der Waals surface area contributed by atoms with Crippen LogP contribution in [-0.4, -0.2) is 22.4 Å². The Morgan fingerprint density at radius 2 is 1.83 bits per heavy atom. The molecule has 1 atom stereocenters. The van der Waals surface area contributed by atoms with Gasteiger partial charge in [-0.2, -0.15) is 0 Å². The molecule has 3 rings (SSSR count). The van der Waals surface area contributed by atoms with Gasteiger partial charge in [0, 0.05) is 0 Å². The Labute approximate surface area is 140 Å².